The molecule has 6 rings (SSSR count). The number of morpholine rings is 1. The van der Waals surface area contributed by atoms with Crippen molar-refractivity contribution in [1.82, 2.24) is 9.80 Å². The number of likely N-dealkylation sites (tertiary alicyclic amines) is 1. The van der Waals surface area contributed by atoms with Gasteiger partial charge in [-0.25, -0.2) is 4.79 Å². The number of nitrogens with two attached hydrogens (primary N) is 1. The van der Waals surface area contributed by atoms with Gasteiger partial charge in [-0.05, 0) is 106 Å². The van der Waals surface area contributed by atoms with E-state index < -0.39 is 18.7 Å². The maximum atomic E-state index is 14.2. The van der Waals surface area contributed by atoms with Gasteiger partial charge in [0.05, 0.1) is 26.0 Å². The molecule has 4 fully saturated rings. The van der Waals surface area contributed by atoms with Crippen LogP contribution in [0.5, 0.6) is 0 Å². The summed E-state index contributed by atoms with van der Waals surface area (Å²) >= 11 is 0. The number of benzene rings is 1. The molecule has 11 nitrogen and oxygen atoms in total. The maximum Gasteiger partial charge on any atom is 0.374 e. The Morgan fingerprint density at radius 3 is 2.47 bits per heavy atom. The predicted octanol–water partition coefficient (Wildman–Crippen LogP) is 4.78. The number of anilines is 1. The zero-order valence-electron chi connectivity index (χ0n) is 28.8. The first-order chi connectivity index (χ1) is 23.8. The number of nitrogens with zero attached hydrogens (tertiary/aromatic N) is 2. The summed E-state index contributed by atoms with van der Waals surface area (Å²) in [6, 6.07) is 6.19. The van der Waals surface area contributed by atoms with E-state index in [0.717, 1.165) is 58.0 Å². The Morgan fingerprint density at radius 1 is 1.00 bits per heavy atom. The number of methoxy groups -OCH3 is 1. The summed E-state index contributed by atoms with van der Waals surface area (Å²) in [5.74, 6) is -0.0745. The third-order valence-electron chi connectivity index (χ3n) is 11.6. The molecule has 2 saturated heterocycles. The number of esters is 1. The van der Waals surface area contributed by atoms with Crippen LogP contribution < -0.4 is 11.1 Å². The van der Waals surface area contributed by atoms with E-state index in [1.807, 2.05) is 4.90 Å². The minimum Gasteiger partial charge on any atom is -0.458 e. The number of ether oxygens (including phenoxy) is 3. The molecule has 3 N–H and O–H groups in total. The normalized spacial score (nSPS) is 28.8. The standard InChI is InChI=1S/C37H53FN4O7/c1-46-29-9-6-24(7-10-29)30-13-15-42(36(44)26-4-2-25(3-5-26)31(39)12-14-38)34(30)35(43)40-28-8-11-32-27(22-28)23-33(49-32)37(45)48-21-18-41-16-19-47-20-17-41/h8,11,22-26,29-31,34H,2-7,9-10,12-21,39H2,1H3,(H,40,43)/t24?,25?,26?,29?,30-,31+,34-/m0/s1. The van der Waals surface area contributed by atoms with Gasteiger partial charge in [0.15, 0.2) is 0 Å². The lowest BCUT2D eigenvalue weighted by Gasteiger charge is -2.37. The monoisotopic (exact) mass is 684 g/mol. The minimum absolute atomic E-state index is 0.0489. The fourth-order valence-electron chi connectivity index (χ4n) is 8.64. The highest BCUT2D eigenvalue weighted by atomic mass is 19.1. The molecule has 0 bridgehead atoms. The van der Waals surface area contributed by atoms with Crippen LogP contribution in [0, 0.1) is 23.7 Å². The van der Waals surface area contributed by atoms with Crippen LogP contribution >= 0.6 is 0 Å². The van der Waals surface area contributed by atoms with Crippen molar-refractivity contribution < 1.29 is 37.4 Å². The highest BCUT2D eigenvalue weighted by molar-refractivity contribution is 6.00. The highest BCUT2D eigenvalue weighted by Crippen LogP contribution is 2.42. The third-order valence-corrected chi connectivity index (χ3v) is 11.6. The highest BCUT2D eigenvalue weighted by Gasteiger charge is 2.47. The van der Waals surface area contributed by atoms with Gasteiger partial charge in [0, 0.05) is 56.3 Å². The Hall–Kier alpha value is -3.06. The molecule has 1 aromatic carbocycles. The van der Waals surface area contributed by atoms with Crippen molar-refractivity contribution in [2.24, 2.45) is 29.4 Å². The van der Waals surface area contributed by atoms with E-state index in [9.17, 15) is 18.8 Å². The van der Waals surface area contributed by atoms with Crippen LogP contribution in [-0.4, -0.2) is 106 Å². The van der Waals surface area contributed by atoms with Crippen molar-refractivity contribution in [2.45, 2.75) is 82.4 Å². The predicted molar refractivity (Wildman–Crippen MR) is 183 cm³/mol. The van der Waals surface area contributed by atoms with E-state index in [1.54, 1.807) is 31.4 Å². The van der Waals surface area contributed by atoms with Crippen molar-refractivity contribution in [2.75, 3.05) is 65.1 Å². The summed E-state index contributed by atoms with van der Waals surface area (Å²) in [6.45, 7) is 4.03. The molecule has 2 aliphatic carbocycles. The average Bonchev–Trinajstić information content (AvgIpc) is 3.77. The van der Waals surface area contributed by atoms with Crippen LogP contribution in [0.1, 0.15) is 74.8 Å². The second-order valence-corrected chi connectivity index (χ2v) is 14.4. The van der Waals surface area contributed by atoms with Gasteiger partial charge in [0.25, 0.3) is 0 Å². The zero-order valence-corrected chi connectivity index (χ0v) is 28.8. The van der Waals surface area contributed by atoms with Crippen molar-refractivity contribution in [3.8, 4) is 0 Å². The number of hydrogen-bond donors (Lipinski definition) is 2. The Morgan fingerprint density at radius 2 is 1.76 bits per heavy atom. The number of nitrogens with one attached hydrogen (secondary N) is 1. The number of fused-ring (bicyclic) bond motifs is 1. The lowest BCUT2D eigenvalue weighted by atomic mass is 9.75. The SMILES string of the molecule is COC1CCC([C@@H]2CCN(C(=O)C3CCC([C@H](N)CCF)CC3)[C@@H]2C(=O)Nc2ccc3oc(C(=O)OCCN4CCOCC4)cc3c2)CC1. The van der Waals surface area contributed by atoms with Crippen LogP contribution in [0.15, 0.2) is 28.7 Å². The second kappa shape index (κ2) is 16.8. The van der Waals surface area contributed by atoms with E-state index in [-0.39, 0.29) is 54.1 Å². The molecular formula is C37H53FN4O7. The topological polar surface area (TPSA) is 137 Å². The molecule has 49 heavy (non-hydrogen) atoms. The Kier molecular flexibility index (Phi) is 12.2. The first kappa shape index (κ1) is 35.8. The molecule has 0 radical (unpaired) electrons. The number of rotatable bonds is 12. The number of alkyl halides is 1. The van der Waals surface area contributed by atoms with Gasteiger partial charge in [-0.15, -0.1) is 0 Å². The summed E-state index contributed by atoms with van der Waals surface area (Å²) in [7, 11) is 1.76. The molecule has 3 atom stereocenters. The number of amides is 2. The summed E-state index contributed by atoms with van der Waals surface area (Å²) in [4.78, 5) is 45.0. The third kappa shape index (κ3) is 8.64. The summed E-state index contributed by atoms with van der Waals surface area (Å²) in [5, 5.41) is 3.79. The molecule has 12 heteroatoms. The van der Waals surface area contributed by atoms with E-state index in [1.165, 1.54) is 0 Å². The quantitative estimate of drug-likeness (QED) is 0.303. The Labute approximate surface area is 288 Å². The number of carbonyl (C=O) groups is 3. The first-order valence-corrected chi connectivity index (χ1v) is 18.3. The Balaban J connectivity index is 1.12. The summed E-state index contributed by atoms with van der Waals surface area (Å²) in [5.41, 5.74) is 7.32. The molecule has 3 heterocycles. The summed E-state index contributed by atoms with van der Waals surface area (Å²) < 4.78 is 35.1. The van der Waals surface area contributed by atoms with Gasteiger partial charge in [-0.1, -0.05) is 0 Å². The molecule has 0 unspecified atom stereocenters. The number of carbonyl (C=O) groups excluding carboxylic acids is 3. The molecule has 2 saturated carbocycles. The first-order valence-electron chi connectivity index (χ1n) is 18.3. The van der Waals surface area contributed by atoms with Crippen molar-refractivity contribution in [3.05, 3.63) is 30.0 Å². The smallest absolute Gasteiger partial charge is 0.374 e. The van der Waals surface area contributed by atoms with Gasteiger partial charge >= 0.3 is 5.97 Å². The van der Waals surface area contributed by atoms with Gasteiger partial charge in [-0.2, -0.15) is 0 Å². The lowest BCUT2D eigenvalue weighted by molar-refractivity contribution is -0.142. The number of hydrogen-bond acceptors (Lipinski definition) is 9. The maximum absolute atomic E-state index is 14.2. The van der Waals surface area contributed by atoms with Gasteiger partial charge in [0.1, 0.15) is 18.2 Å². The minimum atomic E-state index is -0.569. The molecule has 2 amide bonds. The zero-order chi connectivity index (χ0) is 34.3. The summed E-state index contributed by atoms with van der Waals surface area (Å²) in [6.07, 6.45) is 8.29. The average molecular weight is 685 g/mol. The molecule has 2 aliphatic heterocycles. The van der Waals surface area contributed by atoms with Crippen LogP contribution in [0.3, 0.4) is 0 Å². The number of furan rings is 1. The molecule has 2 aromatic rings. The van der Waals surface area contributed by atoms with Crippen molar-refractivity contribution >= 4 is 34.4 Å². The van der Waals surface area contributed by atoms with E-state index in [4.69, 9.17) is 24.4 Å². The van der Waals surface area contributed by atoms with Crippen LogP contribution in [0.2, 0.25) is 0 Å². The largest absolute Gasteiger partial charge is 0.458 e. The molecular weight excluding hydrogens is 631 g/mol. The molecule has 1 aromatic heterocycles. The van der Waals surface area contributed by atoms with Crippen LogP contribution in [0.4, 0.5) is 10.1 Å². The molecule has 4 aliphatic rings. The number of halogens is 1. The van der Waals surface area contributed by atoms with E-state index in [0.29, 0.717) is 68.1 Å². The van der Waals surface area contributed by atoms with E-state index >= 15 is 0 Å². The molecule has 0 spiro atoms. The van der Waals surface area contributed by atoms with Gasteiger partial charge < -0.3 is 34.6 Å². The van der Waals surface area contributed by atoms with Crippen molar-refractivity contribution in [3.63, 3.8) is 0 Å². The lowest BCUT2D eigenvalue weighted by Crippen LogP contribution is -2.50. The van der Waals surface area contributed by atoms with Crippen LogP contribution in [-0.2, 0) is 23.8 Å². The van der Waals surface area contributed by atoms with Gasteiger partial charge in [-0.3, -0.25) is 18.9 Å². The fraction of sp³-hybridized carbons (Fsp3) is 0.703. The van der Waals surface area contributed by atoms with E-state index in [2.05, 4.69) is 10.2 Å². The van der Waals surface area contributed by atoms with Crippen molar-refractivity contribution in [1.29, 1.82) is 0 Å². The fourth-order valence-corrected chi connectivity index (χ4v) is 8.64. The van der Waals surface area contributed by atoms with Gasteiger partial charge in [0.2, 0.25) is 17.6 Å². The second-order valence-electron chi connectivity index (χ2n) is 14.4. The van der Waals surface area contributed by atoms with Crippen LogP contribution in [0.25, 0.3) is 11.0 Å². The molecule has 270 valence electrons. The Bertz CT molecular complexity index is 1410.